The van der Waals surface area contributed by atoms with Crippen molar-refractivity contribution in [3.63, 3.8) is 0 Å². The Kier molecular flexibility index (Phi) is 7.65. The van der Waals surface area contributed by atoms with E-state index in [0.29, 0.717) is 11.3 Å². The zero-order valence-electron chi connectivity index (χ0n) is 19.6. The van der Waals surface area contributed by atoms with E-state index in [9.17, 15) is 17.2 Å². The predicted octanol–water partition coefficient (Wildman–Crippen LogP) is 6.32. The van der Waals surface area contributed by atoms with Gasteiger partial charge in [-0.3, -0.25) is 0 Å². The SMILES string of the molecule is COc1ccc(CN(c2ncco2)S(=O)(=O)c2cc(Cl)c(N[C@@H](C)c3cc(F)ccc3F)cc2F)cc1. The molecule has 0 saturated heterocycles. The van der Waals surface area contributed by atoms with E-state index in [2.05, 4.69) is 10.3 Å². The molecular weight excluding hydrogens is 531 g/mol. The number of methoxy groups -OCH3 is 1. The lowest BCUT2D eigenvalue weighted by Crippen LogP contribution is -2.31. The Morgan fingerprint density at radius 3 is 2.46 bits per heavy atom. The van der Waals surface area contributed by atoms with Gasteiger partial charge in [-0.05, 0) is 55.0 Å². The van der Waals surface area contributed by atoms with Gasteiger partial charge in [-0.15, -0.1) is 0 Å². The van der Waals surface area contributed by atoms with Crippen LogP contribution in [0.2, 0.25) is 5.02 Å². The van der Waals surface area contributed by atoms with Gasteiger partial charge < -0.3 is 14.5 Å². The molecule has 0 saturated carbocycles. The van der Waals surface area contributed by atoms with Gasteiger partial charge in [0.25, 0.3) is 10.0 Å². The largest absolute Gasteiger partial charge is 0.497 e. The van der Waals surface area contributed by atoms with E-state index < -0.39 is 38.4 Å². The third kappa shape index (κ3) is 5.67. The lowest BCUT2D eigenvalue weighted by Gasteiger charge is -2.22. The number of halogens is 4. The number of hydrogen-bond donors (Lipinski definition) is 1. The molecule has 37 heavy (non-hydrogen) atoms. The van der Waals surface area contributed by atoms with Crippen LogP contribution in [-0.4, -0.2) is 20.5 Å². The first kappa shape index (κ1) is 26.4. The van der Waals surface area contributed by atoms with Gasteiger partial charge in [-0.25, -0.2) is 30.9 Å². The highest BCUT2D eigenvalue weighted by atomic mass is 35.5. The third-order valence-electron chi connectivity index (χ3n) is 5.50. The molecule has 0 radical (unpaired) electrons. The van der Waals surface area contributed by atoms with E-state index in [0.717, 1.165) is 34.6 Å². The Morgan fingerprint density at radius 2 is 1.81 bits per heavy atom. The van der Waals surface area contributed by atoms with Crippen molar-refractivity contribution in [1.82, 2.24) is 4.98 Å². The predicted molar refractivity (Wildman–Crippen MR) is 133 cm³/mol. The fourth-order valence-corrected chi connectivity index (χ4v) is 5.31. The van der Waals surface area contributed by atoms with Crippen LogP contribution in [0.3, 0.4) is 0 Å². The molecule has 4 aromatic rings. The second-order valence-corrected chi connectivity index (χ2v) is 10.2. The molecule has 194 valence electrons. The standard InChI is InChI=1S/C25H21ClF3N3O4S/c1-15(19-11-17(27)5-8-21(19)28)31-23-13-22(29)24(12-20(23)26)37(33,34)32(25-30-9-10-36-25)14-16-3-6-18(35-2)7-4-16/h3-13,15,31H,14H2,1-2H3/t15-/m0/s1. The molecule has 1 aromatic heterocycles. The first-order valence-corrected chi connectivity index (χ1v) is 12.7. The number of nitrogens with zero attached hydrogens (tertiary/aromatic N) is 2. The van der Waals surface area contributed by atoms with Gasteiger partial charge in [-0.2, -0.15) is 0 Å². The number of anilines is 2. The van der Waals surface area contributed by atoms with E-state index in [4.69, 9.17) is 20.8 Å². The highest BCUT2D eigenvalue weighted by Gasteiger charge is 2.32. The van der Waals surface area contributed by atoms with Gasteiger partial charge in [-0.1, -0.05) is 23.7 Å². The van der Waals surface area contributed by atoms with Crippen LogP contribution in [0, 0.1) is 17.5 Å². The Balaban J connectivity index is 1.67. The highest BCUT2D eigenvalue weighted by Crippen LogP contribution is 2.34. The molecule has 0 aliphatic rings. The van der Waals surface area contributed by atoms with E-state index in [-0.39, 0.29) is 28.8 Å². The maximum absolute atomic E-state index is 15.3. The Morgan fingerprint density at radius 1 is 1.08 bits per heavy atom. The molecule has 0 aliphatic carbocycles. The molecule has 0 bridgehead atoms. The second-order valence-electron chi connectivity index (χ2n) is 7.97. The molecule has 0 fully saturated rings. The number of aromatic nitrogens is 1. The van der Waals surface area contributed by atoms with Crippen LogP contribution in [0.1, 0.15) is 24.1 Å². The normalized spacial score (nSPS) is 12.3. The summed E-state index contributed by atoms with van der Waals surface area (Å²) >= 11 is 6.30. The summed E-state index contributed by atoms with van der Waals surface area (Å²) in [5.74, 6) is -1.86. The molecule has 1 heterocycles. The van der Waals surface area contributed by atoms with E-state index in [1.54, 1.807) is 24.3 Å². The van der Waals surface area contributed by atoms with Crippen LogP contribution >= 0.6 is 11.6 Å². The number of benzene rings is 3. The highest BCUT2D eigenvalue weighted by molar-refractivity contribution is 7.92. The smallest absolute Gasteiger partial charge is 0.311 e. The maximum atomic E-state index is 15.3. The van der Waals surface area contributed by atoms with Crippen molar-refractivity contribution in [2.24, 2.45) is 0 Å². The monoisotopic (exact) mass is 551 g/mol. The van der Waals surface area contributed by atoms with E-state index in [1.807, 2.05) is 0 Å². The number of sulfonamides is 1. The van der Waals surface area contributed by atoms with E-state index in [1.165, 1.54) is 26.5 Å². The van der Waals surface area contributed by atoms with Crippen molar-refractivity contribution in [1.29, 1.82) is 0 Å². The van der Waals surface area contributed by atoms with Crippen LogP contribution in [0.5, 0.6) is 5.75 Å². The summed E-state index contributed by atoms with van der Waals surface area (Å²) in [4.78, 5) is 3.19. The second kappa shape index (κ2) is 10.7. The van der Waals surface area contributed by atoms with Crippen LogP contribution in [0.25, 0.3) is 0 Å². The Hall–Kier alpha value is -3.70. The third-order valence-corrected chi connectivity index (χ3v) is 7.55. The molecule has 4 rings (SSSR count). The summed E-state index contributed by atoms with van der Waals surface area (Å²) in [6.07, 6.45) is 2.45. The van der Waals surface area contributed by atoms with Crippen molar-refractivity contribution in [2.45, 2.75) is 24.4 Å². The van der Waals surface area contributed by atoms with Gasteiger partial charge in [0.05, 0.1) is 36.6 Å². The summed E-state index contributed by atoms with van der Waals surface area (Å²) in [5.41, 5.74) is 0.535. The Labute approximate surface area is 216 Å². The first-order chi connectivity index (χ1) is 17.6. The lowest BCUT2D eigenvalue weighted by molar-refractivity contribution is 0.414. The summed E-state index contributed by atoms with van der Waals surface area (Å²) < 4.78 is 81.3. The van der Waals surface area contributed by atoms with Crippen molar-refractivity contribution in [3.8, 4) is 5.75 Å². The van der Waals surface area contributed by atoms with Gasteiger partial charge in [0, 0.05) is 5.56 Å². The molecule has 0 spiro atoms. The van der Waals surface area contributed by atoms with Crippen LogP contribution in [-0.2, 0) is 16.6 Å². The number of hydrogen-bond acceptors (Lipinski definition) is 6. The number of nitrogens with one attached hydrogen (secondary N) is 1. The fourth-order valence-electron chi connectivity index (χ4n) is 3.60. The van der Waals surface area contributed by atoms with Gasteiger partial charge in [0.2, 0.25) is 0 Å². The quantitative estimate of drug-likeness (QED) is 0.262. The number of ether oxygens (including phenoxy) is 1. The maximum Gasteiger partial charge on any atom is 0.311 e. The molecule has 0 amide bonds. The zero-order valence-corrected chi connectivity index (χ0v) is 21.2. The lowest BCUT2D eigenvalue weighted by atomic mass is 10.1. The van der Waals surface area contributed by atoms with Crippen molar-refractivity contribution in [2.75, 3.05) is 16.7 Å². The van der Waals surface area contributed by atoms with Gasteiger partial charge in [0.15, 0.2) is 0 Å². The molecule has 7 nitrogen and oxygen atoms in total. The average Bonchev–Trinajstić information content (AvgIpc) is 3.40. The first-order valence-electron chi connectivity index (χ1n) is 10.9. The van der Waals surface area contributed by atoms with Crippen LogP contribution in [0.4, 0.5) is 24.9 Å². The van der Waals surface area contributed by atoms with Crippen molar-refractivity contribution < 1.29 is 30.7 Å². The molecule has 12 heteroatoms. The molecular formula is C25H21ClF3N3O4S. The summed E-state index contributed by atoms with van der Waals surface area (Å²) in [6.45, 7) is 1.30. The molecule has 0 aliphatic heterocycles. The average molecular weight is 552 g/mol. The number of oxazole rings is 1. The minimum absolute atomic E-state index is 0.00731. The van der Waals surface area contributed by atoms with Crippen LogP contribution < -0.4 is 14.4 Å². The molecule has 0 unspecified atom stereocenters. The Bertz CT molecular complexity index is 1500. The van der Waals surface area contributed by atoms with E-state index >= 15 is 4.39 Å². The topological polar surface area (TPSA) is 84.7 Å². The molecule has 1 N–H and O–H groups in total. The van der Waals surface area contributed by atoms with Gasteiger partial charge >= 0.3 is 6.01 Å². The fraction of sp³-hybridized carbons (Fsp3) is 0.160. The van der Waals surface area contributed by atoms with Crippen LogP contribution in [0.15, 0.2) is 76.4 Å². The minimum Gasteiger partial charge on any atom is -0.497 e. The van der Waals surface area contributed by atoms with Crippen molar-refractivity contribution >= 4 is 33.3 Å². The van der Waals surface area contributed by atoms with Crippen molar-refractivity contribution in [3.05, 3.63) is 101 Å². The summed E-state index contributed by atoms with van der Waals surface area (Å²) in [6, 6.07) is 10.3. The summed E-state index contributed by atoms with van der Waals surface area (Å²) in [5, 5.41) is 2.64. The zero-order chi connectivity index (χ0) is 26.7. The summed E-state index contributed by atoms with van der Waals surface area (Å²) in [7, 11) is -3.05. The minimum atomic E-state index is -4.55. The molecule has 1 atom stereocenters. The van der Waals surface area contributed by atoms with Gasteiger partial charge in [0.1, 0.15) is 34.4 Å². The number of rotatable bonds is 9. The molecule has 3 aromatic carbocycles.